The van der Waals surface area contributed by atoms with Crippen molar-refractivity contribution in [3.05, 3.63) is 35.1 Å². The van der Waals surface area contributed by atoms with Crippen LogP contribution >= 0.6 is 0 Å². The van der Waals surface area contributed by atoms with Crippen LogP contribution in [-0.4, -0.2) is 22.2 Å². The summed E-state index contributed by atoms with van der Waals surface area (Å²) in [4.78, 5) is 10.5. The van der Waals surface area contributed by atoms with E-state index in [0.29, 0.717) is 6.07 Å². The van der Waals surface area contributed by atoms with E-state index >= 15 is 0 Å². The zero-order valence-electron chi connectivity index (χ0n) is 7.82. The number of halogens is 3. The van der Waals surface area contributed by atoms with Crippen molar-refractivity contribution < 1.29 is 28.2 Å². The van der Waals surface area contributed by atoms with Crippen molar-refractivity contribution in [2.45, 2.75) is 12.2 Å². The van der Waals surface area contributed by atoms with Crippen LogP contribution in [0, 0.1) is 17.5 Å². The molecule has 2 atom stereocenters. The van der Waals surface area contributed by atoms with Gasteiger partial charge in [-0.3, -0.25) is 4.79 Å². The molecule has 0 radical (unpaired) electrons. The number of carbonyl (C=O) groups excluding carboxylic acids is 1. The van der Waals surface area contributed by atoms with Gasteiger partial charge in [-0.25, -0.2) is 13.2 Å². The molecule has 0 aromatic heterocycles. The number of nitrogens with two attached hydrogens (primary N) is 1. The van der Waals surface area contributed by atoms with Gasteiger partial charge in [-0.05, 0) is 6.07 Å². The molecule has 1 aromatic rings. The molecule has 0 bridgehead atoms. The maximum atomic E-state index is 13.1. The zero-order valence-corrected chi connectivity index (χ0v) is 7.82. The smallest absolute Gasteiger partial charge is 0.249 e. The monoisotopic (exact) mass is 235 g/mol. The molecular weight excluding hydrogens is 227 g/mol. The molecule has 0 fully saturated rings. The minimum Gasteiger partial charge on any atom is -0.385 e. The lowest BCUT2D eigenvalue weighted by Crippen LogP contribution is -2.34. The average Bonchev–Trinajstić information content (AvgIpc) is 2.21. The first-order valence-electron chi connectivity index (χ1n) is 4.14. The highest BCUT2D eigenvalue weighted by molar-refractivity contribution is 5.79. The topological polar surface area (TPSA) is 83.6 Å². The molecule has 0 saturated carbocycles. The maximum Gasteiger partial charge on any atom is 0.249 e. The second-order valence-corrected chi connectivity index (χ2v) is 3.08. The summed E-state index contributed by atoms with van der Waals surface area (Å²) in [6.45, 7) is 0. The van der Waals surface area contributed by atoms with Gasteiger partial charge in [-0.1, -0.05) is 0 Å². The fraction of sp³-hybridized carbons (Fsp3) is 0.222. The minimum atomic E-state index is -2.10. The number of aliphatic hydroxyl groups is 2. The Bertz CT molecular complexity index is 425. The van der Waals surface area contributed by atoms with Gasteiger partial charge in [-0.2, -0.15) is 0 Å². The summed E-state index contributed by atoms with van der Waals surface area (Å²) in [5, 5.41) is 18.3. The molecule has 0 spiro atoms. The van der Waals surface area contributed by atoms with E-state index in [1.165, 1.54) is 0 Å². The first-order valence-corrected chi connectivity index (χ1v) is 4.14. The van der Waals surface area contributed by atoms with Gasteiger partial charge in [0.2, 0.25) is 5.91 Å². The van der Waals surface area contributed by atoms with E-state index in [9.17, 15) is 23.1 Å². The van der Waals surface area contributed by atoms with Crippen LogP contribution in [0.1, 0.15) is 11.7 Å². The minimum absolute atomic E-state index is 0.196. The largest absolute Gasteiger partial charge is 0.385 e. The summed E-state index contributed by atoms with van der Waals surface area (Å²) in [6.07, 6.45) is -4.15. The molecule has 0 saturated heterocycles. The van der Waals surface area contributed by atoms with Crippen LogP contribution in [0.3, 0.4) is 0 Å². The third-order valence-electron chi connectivity index (χ3n) is 1.95. The van der Waals surface area contributed by atoms with E-state index in [0.717, 1.165) is 0 Å². The van der Waals surface area contributed by atoms with Gasteiger partial charge in [0.25, 0.3) is 0 Å². The van der Waals surface area contributed by atoms with E-state index in [2.05, 4.69) is 5.73 Å². The molecule has 4 N–H and O–H groups in total. The Morgan fingerprint density at radius 2 is 1.62 bits per heavy atom. The summed E-state index contributed by atoms with van der Waals surface area (Å²) >= 11 is 0. The number of carbonyl (C=O) groups is 1. The molecule has 0 heterocycles. The number of rotatable bonds is 3. The second kappa shape index (κ2) is 4.50. The Morgan fingerprint density at radius 1 is 1.12 bits per heavy atom. The molecule has 4 nitrogen and oxygen atoms in total. The van der Waals surface area contributed by atoms with Crippen LogP contribution in [0.25, 0.3) is 0 Å². The van der Waals surface area contributed by atoms with Crippen molar-refractivity contribution in [2.75, 3.05) is 0 Å². The van der Waals surface area contributed by atoms with Gasteiger partial charge in [0.15, 0.2) is 17.7 Å². The predicted molar refractivity (Wildman–Crippen MR) is 46.5 cm³/mol. The van der Waals surface area contributed by atoms with E-state index < -0.39 is 41.1 Å². The van der Waals surface area contributed by atoms with Gasteiger partial charge < -0.3 is 15.9 Å². The van der Waals surface area contributed by atoms with Crippen molar-refractivity contribution in [1.82, 2.24) is 0 Å². The van der Waals surface area contributed by atoms with E-state index in [1.807, 2.05) is 0 Å². The molecule has 0 aliphatic rings. The quantitative estimate of drug-likeness (QED) is 0.644. The Labute approximate surface area is 88.1 Å². The van der Waals surface area contributed by atoms with E-state index in [-0.39, 0.29) is 6.07 Å². The third-order valence-corrected chi connectivity index (χ3v) is 1.95. The Balaban J connectivity index is 3.13. The van der Waals surface area contributed by atoms with Gasteiger partial charge in [0, 0.05) is 11.6 Å². The molecule has 0 aliphatic heterocycles. The van der Waals surface area contributed by atoms with Crippen molar-refractivity contribution in [1.29, 1.82) is 0 Å². The standard InChI is InChI=1S/C9H8F3NO3/c10-4-2-6(12)5(11)1-3(4)7(14)8(15)9(13)16/h1-2,7-8,14-15H,(H2,13,16). The summed E-state index contributed by atoms with van der Waals surface area (Å²) in [7, 11) is 0. The normalized spacial score (nSPS) is 14.6. The molecule has 1 rings (SSSR count). The molecule has 16 heavy (non-hydrogen) atoms. The molecule has 1 aromatic carbocycles. The molecule has 0 aliphatic carbocycles. The number of hydrogen-bond donors (Lipinski definition) is 3. The number of benzene rings is 1. The highest BCUT2D eigenvalue weighted by Gasteiger charge is 2.27. The van der Waals surface area contributed by atoms with Gasteiger partial charge in [0.1, 0.15) is 11.9 Å². The summed E-state index contributed by atoms with van der Waals surface area (Å²) in [5.41, 5.74) is 3.91. The van der Waals surface area contributed by atoms with Gasteiger partial charge >= 0.3 is 0 Å². The second-order valence-electron chi connectivity index (χ2n) is 3.08. The lowest BCUT2D eigenvalue weighted by Gasteiger charge is -2.15. The van der Waals surface area contributed by atoms with Crippen molar-refractivity contribution in [3.63, 3.8) is 0 Å². The van der Waals surface area contributed by atoms with Crippen molar-refractivity contribution >= 4 is 5.91 Å². The number of amides is 1. The van der Waals surface area contributed by atoms with Crippen LogP contribution in [-0.2, 0) is 4.79 Å². The lowest BCUT2D eigenvalue weighted by molar-refractivity contribution is -0.132. The molecule has 2 unspecified atom stereocenters. The molecule has 7 heteroatoms. The maximum absolute atomic E-state index is 13.1. The first-order chi connectivity index (χ1) is 7.34. The number of aliphatic hydroxyl groups excluding tert-OH is 2. The zero-order chi connectivity index (χ0) is 12.5. The van der Waals surface area contributed by atoms with Crippen molar-refractivity contribution in [3.8, 4) is 0 Å². The Hall–Kier alpha value is -1.60. The Kier molecular flexibility index (Phi) is 3.51. The summed E-state index contributed by atoms with van der Waals surface area (Å²) < 4.78 is 38.3. The summed E-state index contributed by atoms with van der Waals surface area (Å²) in [6, 6.07) is 0.545. The van der Waals surface area contributed by atoms with E-state index in [1.54, 1.807) is 0 Å². The van der Waals surface area contributed by atoms with Crippen LogP contribution in [0.2, 0.25) is 0 Å². The number of primary amides is 1. The Morgan fingerprint density at radius 3 is 2.12 bits per heavy atom. The summed E-state index contributed by atoms with van der Waals surface area (Å²) in [5.74, 6) is -5.45. The highest BCUT2D eigenvalue weighted by Crippen LogP contribution is 2.22. The number of hydrogen-bond acceptors (Lipinski definition) is 3. The fourth-order valence-corrected chi connectivity index (χ4v) is 1.09. The van der Waals surface area contributed by atoms with Crippen molar-refractivity contribution in [2.24, 2.45) is 5.73 Å². The van der Waals surface area contributed by atoms with Gasteiger partial charge in [0.05, 0.1) is 0 Å². The van der Waals surface area contributed by atoms with Gasteiger partial charge in [-0.15, -0.1) is 0 Å². The first kappa shape index (κ1) is 12.5. The SMILES string of the molecule is NC(=O)C(O)C(O)c1cc(F)c(F)cc1F. The van der Waals surface area contributed by atoms with Crippen LogP contribution in [0.15, 0.2) is 12.1 Å². The van der Waals surface area contributed by atoms with E-state index in [4.69, 9.17) is 5.11 Å². The average molecular weight is 235 g/mol. The third kappa shape index (κ3) is 2.31. The van der Waals surface area contributed by atoms with Crippen LogP contribution in [0.5, 0.6) is 0 Å². The molecular formula is C9H8F3NO3. The highest BCUT2D eigenvalue weighted by atomic mass is 19.2. The lowest BCUT2D eigenvalue weighted by atomic mass is 10.0. The fourth-order valence-electron chi connectivity index (χ4n) is 1.09. The molecule has 88 valence electrons. The van der Waals surface area contributed by atoms with Crippen LogP contribution in [0.4, 0.5) is 13.2 Å². The van der Waals surface area contributed by atoms with Crippen LogP contribution < -0.4 is 5.73 Å². The molecule has 1 amide bonds. The predicted octanol–water partition coefficient (Wildman–Crippen LogP) is -0.0165.